The first-order valence-corrected chi connectivity index (χ1v) is 11.0. The number of benzene rings is 2. The highest BCUT2D eigenvalue weighted by atomic mass is 32.1. The number of thiazole rings is 1. The Hall–Kier alpha value is -2.44. The number of rotatable bonds is 8. The molecule has 0 bridgehead atoms. The van der Waals surface area contributed by atoms with E-state index in [1.54, 1.807) is 0 Å². The molecule has 152 valence electrons. The second-order valence-corrected chi connectivity index (χ2v) is 8.17. The van der Waals surface area contributed by atoms with Gasteiger partial charge in [-0.3, -0.25) is 9.69 Å². The first-order valence-electron chi connectivity index (χ1n) is 10.2. The lowest BCUT2D eigenvalue weighted by Gasteiger charge is -2.23. The van der Waals surface area contributed by atoms with Gasteiger partial charge in [-0.2, -0.15) is 0 Å². The topological polar surface area (TPSA) is 51.7 Å². The third kappa shape index (κ3) is 4.77. The van der Waals surface area contributed by atoms with Crippen LogP contribution in [0.2, 0.25) is 0 Å². The van der Waals surface area contributed by atoms with Gasteiger partial charge in [0.25, 0.3) is 0 Å². The van der Waals surface area contributed by atoms with E-state index in [2.05, 4.69) is 12.1 Å². The number of nitrogens with zero attached hydrogens (tertiary/aromatic N) is 2. The third-order valence-corrected chi connectivity index (χ3v) is 6.13. The Morgan fingerprint density at radius 2 is 2.10 bits per heavy atom. The zero-order chi connectivity index (χ0) is 20.1. The highest BCUT2D eigenvalue weighted by Gasteiger charge is 2.26. The zero-order valence-corrected chi connectivity index (χ0v) is 17.5. The van der Waals surface area contributed by atoms with Crippen LogP contribution in [0.5, 0.6) is 5.75 Å². The molecule has 29 heavy (non-hydrogen) atoms. The Bertz CT molecular complexity index is 951. The Morgan fingerprint density at radius 1 is 1.24 bits per heavy atom. The number of aromatic nitrogens is 1. The van der Waals surface area contributed by atoms with Crippen molar-refractivity contribution < 1.29 is 14.3 Å². The Kier molecular flexibility index (Phi) is 6.42. The van der Waals surface area contributed by atoms with Gasteiger partial charge in [0.15, 0.2) is 5.13 Å². The zero-order valence-electron chi connectivity index (χ0n) is 16.7. The maximum absolute atomic E-state index is 13.2. The number of anilines is 1. The molecule has 1 saturated heterocycles. The van der Waals surface area contributed by atoms with Crippen LogP contribution in [0.1, 0.15) is 31.7 Å². The van der Waals surface area contributed by atoms with E-state index in [4.69, 9.17) is 14.5 Å². The molecule has 0 radical (unpaired) electrons. The molecule has 3 aromatic rings. The molecule has 1 atom stereocenters. The maximum atomic E-state index is 13.2. The number of hydrogen-bond donors (Lipinski definition) is 0. The molecule has 5 nitrogen and oxygen atoms in total. The van der Waals surface area contributed by atoms with Crippen LogP contribution < -0.4 is 9.64 Å². The number of aryl methyl sites for hydroxylation is 1. The van der Waals surface area contributed by atoms with Crippen molar-refractivity contribution >= 4 is 32.6 Å². The summed E-state index contributed by atoms with van der Waals surface area (Å²) in [4.78, 5) is 19.8. The highest BCUT2D eigenvalue weighted by Crippen LogP contribution is 2.35. The van der Waals surface area contributed by atoms with Crippen molar-refractivity contribution in [2.45, 2.75) is 38.7 Å². The molecule has 1 unspecified atom stereocenters. The minimum atomic E-state index is 0.0778. The second kappa shape index (κ2) is 9.37. The molecule has 4 rings (SSSR count). The van der Waals surface area contributed by atoms with Crippen LogP contribution in [-0.2, 0) is 16.0 Å². The number of ether oxygens (including phenoxy) is 2. The maximum Gasteiger partial charge on any atom is 0.229 e. The summed E-state index contributed by atoms with van der Waals surface area (Å²) in [7, 11) is 0. The smallest absolute Gasteiger partial charge is 0.229 e. The van der Waals surface area contributed by atoms with Gasteiger partial charge in [-0.1, -0.05) is 47.7 Å². The van der Waals surface area contributed by atoms with Crippen LogP contribution in [-0.4, -0.2) is 36.8 Å². The predicted octanol–water partition coefficient (Wildman–Crippen LogP) is 4.84. The van der Waals surface area contributed by atoms with Crippen LogP contribution >= 0.6 is 11.3 Å². The molecule has 1 amide bonds. The van der Waals surface area contributed by atoms with Crippen LogP contribution in [0.3, 0.4) is 0 Å². The number of carbonyl (C=O) groups is 1. The average molecular weight is 411 g/mol. The molecule has 2 aromatic carbocycles. The number of amides is 1. The van der Waals surface area contributed by atoms with Crippen molar-refractivity contribution in [2.75, 3.05) is 24.7 Å². The van der Waals surface area contributed by atoms with E-state index in [1.165, 1.54) is 16.9 Å². The minimum Gasteiger partial charge on any atom is -0.492 e. The highest BCUT2D eigenvalue weighted by molar-refractivity contribution is 7.22. The van der Waals surface area contributed by atoms with E-state index < -0.39 is 0 Å². The lowest BCUT2D eigenvalue weighted by molar-refractivity contribution is -0.119. The van der Waals surface area contributed by atoms with Crippen molar-refractivity contribution in [1.82, 2.24) is 4.98 Å². The molecular weight excluding hydrogens is 384 g/mol. The van der Waals surface area contributed by atoms with Gasteiger partial charge in [-0.05, 0) is 43.9 Å². The quantitative estimate of drug-likeness (QED) is 0.533. The normalized spacial score (nSPS) is 16.2. The molecule has 0 saturated carbocycles. The molecule has 0 spiro atoms. The first-order chi connectivity index (χ1) is 14.2. The Balaban J connectivity index is 1.58. The number of hydrogen-bond acceptors (Lipinski definition) is 5. The number of para-hydroxylation sites is 1. The minimum absolute atomic E-state index is 0.0778. The summed E-state index contributed by atoms with van der Waals surface area (Å²) in [5, 5.41) is 0.723. The second-order valence-electron chi connectivity index (χ2n) is 7.16. The SMILES string of the molecule is CCOc1cccc2sc(N(CC3CCCO3)C(=O)CCc3ccccc3)nc12. The van der Waals surface area contributed by atoms with E-state index in [0.29, 0.717) is 19.6 Å². The van der Waals surface area contributed by atoms with Gasteiger partial charge in [-0.25, -0.2) is 4.98 Å². The summed E-state index contributed by atoms with van der Waals surface area (Å²) in [6.45, 7) is 3.87. The van der Waals surface area contributed by atoms with Crippen molar-refractivity contribution in [1.29, 1.82) is 0 Å². The van der Waals surface area contributed by atoms with E-state index in [1.807, 2.05) is 48.2 Å². The lowest BCUT2D eigenvalue weighted by Crippen LogP contribution is -2.37. The summed E-state index contributed by atoms with van der Waals surface area (Å²) in [5.74, 6) is 0.850. The molecule has 1 aromatic heterocycles. The van der Waals surface area contributed by atoms with Gasteiger partial charge in [0.2, 0.25) is 5.91 Å². The fourth-order valence-electron chi connectivity index (χ4n) is 3.61. The summed E-state index contributed by atoms with van der Waals surface area (Å²) >= 11 is 1.54. The van der Waals surface area contributed by atoms with E-state index in [0.717, 1.165) is 47.0 Å². The fraction of sp³-hybridized carbons (Fsp3) is 0.391. The number of fused-ring (bicyclic) bond motifs is 1. The van der Waals surface area contributed by atoms with E-state index >= 15 is 0 Å². The lowest BCUT2D eigenvalue weighted by atomic mass is 10.1. The predicted molar refractivity (Wildman–Crippen MR) is 117 cm³/mol. The standard InChI is InChI=1S/C23H26N2O3S/c1-2-27-19-11-6-12-20-22(19)24-23(29-20)25(16-18-10-7-15-28-18)21(26)14-13-17-8-4-3-5-9-17/h3-6,8-9,11-12,18H,2,7,10,13-16H2,1H3. The van der Waals surface area contributed by atoms with Crippen molar-refractivity contribution in [2.24, 2.45) is 0 Å². The Morgan fingerprint density at radius 3 is 2.86 bits per heavy atom. The monoisotopic (exact) mass is 410 g/mol. The van der Waals surface area contributed by atoms with Gasteiger partial charge in [0.05, 0.1) is 24.0 Å². The largest absolute Gasteiger partial charge is 0.492 e. The van der Waals surface area contributed by atoms with Gasteiger partial charge in [0.1, 0.15) is 11.3 Å². The molecule has 6 heteroatoms. The fourth-order valence-corrected chi connectivity index (χ4v) is 4.62. The van der Waals surface area contributed by atoms with Crippen LogP contribution in [0.15, 0.2) is 48.5 Å². The van der Waals surface area contributed by atoms with E-state index in [-0.39, 0.29) is 12.0 Å². The summed E-state index contributed by atoms with van der Waals surface area (Å²) in [6.07, 6.45) is 3.28. The van der Waals surface area contributed by atoms with Crippen molar-refractivity contribution in [3.63, 3.8) is 0 Å². The molecule has 1 aliphatic heterocycles. The first kappa shape index (κ1) is 19.9. The average Bonchev–Trinajstić information content (AvgIpc) is 3.41. The van der Waals surface area contributed by atoms with Gasteiger partial charge < -0.3 is 9.47 Å². The van der Waals surface area contributed by atoms with Gasteiger partial charge in [-0.15, -0.1) is 0 Å². The van der Waals surface area contributed by atoms with Gasteiger partial charge >= 0.3 is 0 Å². The molecule has 1 aliphatic rings. The molecule has 0 N–H and O–H groups in total. The van der Waals surface area contributed by atoms with E-state index in [9.17, 15) is 4.79 Å². The van der Waals surface area contributed by atoms with Gasteiger partial charge in [0, 0.05) is 13.0 Å². The van der Waals surface area contributed by atoms with Crippen LogP contribution in [0, 0.1) is 0 Å². The molecular formula is C23H26N2O3S. The van der Waals surface area contributed by atoms with Crippen molar-refractivity contribution in [3.05, 3.63) is 54.1 Å². The molecule has 2 heterocycles. The summed E-state index contributed by atoms with van der Waals surface area (Å²) in [6, 6.07) is 16.0. The molecule has 1 fully saturated rings. The molecule has 0 aliphatic carbocycles. The summed E-state index contributed by atoms with van der Waals surface area (Å²) in [5.41, 5.74) is 1.99. The van der Waals surface area contributed by atoms with Crippen LogP contribution in [0.4, 0.5) is 5.13 Å². The third-order valence-electron chi connectivity index (χ3n) is 5.08. The Labute approximate surface area is 175 Å². The summed E-state index contributed by atoms with van der Waals surface area (Å²) < 4.78 is 12.6. The van der Waals surface area contributed by atoms with Crippen LogP contribution in [0.25, 0.3) is 10.2 Å². The number of carbonyl (C=O) groups excluding carboxylic acids is 1. The van der Waals surface area contributed by atoms with Crippen molar-refractivity contribution in [3.8, 4) is 5.75 Å².